The molecule has 0 unspecified atom stereocenters. The molecular weight excluding hydrogens is 290 g/mol. The Morgan fingerprint density at radius 2 is 1.57 bits per heavy atom. The van der Waals surface area contributed by atoms with Crippen LogP contribution in [-0.4, -0.2) is 18.4 Å². The summed E-state index contributed by atoms with van der Waals surface area (Å²) in [5, 5.41) is 8.78. The van der Waals surface area contributed by atoms with E-state index in [1.165, 1.54) is 6.92 Å². The van der Waals surface area contributed by atoms with Crippen molar-refractivity contribution in [2.24, 2.45) is 0 Å². The number of amides is 2. The number of hydrogen-bond donors (Lipinski definition) is 3. The highest BCUT2D eigenvalue weighted by molar-refractivity contribution is 5.88. The van der Waals surface area contributed by atoms with Gasteiger partial charge in [0.1, 0.15) is 0 Å². The number of anilines is 2. The molecule has 0 atom stereocenters. The SMILES string of the molecule is CC(=O)Nc1ccc(NCCC(=O)NCc2ccccc2)cc1. The lowest BCUT2D eigenvalue weighted by Crippen LogP contribution is -2.24. The van der Waals surface area contributed by atoms with E-state index in [1.54, 1.807) is 0 Å². The molecule has 0 aliphatic heterocycles. The van der Waals surface area contributed by atoms with Crippen LogP contribution in [0.4, 0.5) is 11.4 Å². The Hall–Kier alpha value is -2.82. The molecule has 0 aliphatic carbocycles. The monoisotopic (exact) mass is 311 g/mol. The first kappa shape index (κ1) is 16.5. The quantitative estimate of drug-likeness (QED) is 0.736. The van der Waals surface area contributed by atoms with Crippen molar-refractivity contribution in [1.29, 1.82) is 0 Å². The van der Waals surface area contributed by atoms with Gasteiger partial charge < -0.3 is 16.0 Å². The van der Waals surface area contributed by atoms with E-state index in [2.05, 4.69) is 16.0 Å². The fourth-order valence-corrected chi connectivity index (χ4v) is 2.08. The Labute approximate surface area is 136 Å². The van der Waals surface area contributed by atoms with Crippen LogP contribution in [0.3, 0.4) is 0 Å². The Kier molecular flexibility index (Phi) is 6.17. The predicted octanol–water partition coefficient (Wildman–Crippen LogP) is 2.76. The average Bonchev–Trinajstić information content (AvgIpc) is 2.55. The van der Waals surface area contributed by atoms with E-state index in [-0.39, 0.29) is 11.8 Å². The number of hydrogen-bond acceptors (Lipinski definition) is 3. The summed E-state index contributed by atoms with van der Waals surface area (Å²) in [7, 11) is 0. The first-order valence-corrected chi connectivity index (χ1v) is 7.55. The molecule has 0 heterocycles. The maximum atomic E-state index is 11.8. The predicted molar refractivity (Wildman–Crippen MR) is 92.1 cm³/mol. The van der Waals surface area contributed by atoms with Crippen molar-refractivity contribution in [3.8, 4) is 0 Å². The molecule has 3 N–H and O–H groups in total. The van der Waals surface area contributed by atoms with Crippen LogP contribution in [0.5, 0.6) is 0 Å². The standard InChI is InChI=1S/C18H21N3O2/c1-14(22)21-17-9-7-16(8-10-17)19-12-11-18(23)20-13-15-5-3-2-4-6-15/h2-10,19H,11-13H2,1H3,(H,20,23)(H,21,22). The highest BCUT2D eigenvalue weighted by Gasteiger charge is 2.01. The summed E-state index contributed by atoms with van der Waals surface area (Å²) in [4.78, 5) is 22.7. The van der Waals surface area contributed by atoms with Gasteiger partial charge >= 0.3 is 0 Å². The number of benzene rings is 2. The summed E-state index contributed by atoms with van der Waals surface area (Å²) in [6, 6.07) is 17.2. The van der Waals surface area contributed by atoms with Crippen molar-refractivity contribution in [1.82, 2.24) is 5.32 Å². The van der Waals surface area contributed by atoms with Gasteiger partial charge in [0.15, 0.2) is 0 Å². The Morgan fingerprint density at radius 3 is 2.22 bits per heavy atom. The van der Waals surface area contributed by atoms with Crippen LogP contribution in [0, 0.1) is 0 Å². The van der Waals surface area contributed by atoms with Crippen molar-refractivity contribution in [3.63, 3.8) is 0 Å². The highest BCUT2D eigenvalue weighted by Crippen LogP contribution is 2.13. The van der Waals surface area contributed by atoms with Gasteiger partial charge in [0.25, 0.3) is 0 Å². The van der Waals surface area contributed by atoms with E-state index < -0.39 is 0 Å². The van der Waals surface area contributed by atoms with Crippen LogP contribution in [-0.2, 0) is 16.1 Å². The third-order valence-corrected chi connectivity index (χ3v) is 3.22. The first-order chi connectivity index (χ1) is 11.1. The average molecular weight is 311 g/mol. The zero-order valence-corrected chi connectivity index (χ0v) is 13.1. The third kappa shape index (κ3) is 6.22. The molecule has 0 aliphatic rings. The Bertz CT molecular complexity index is 639. The van der Waals surface area contributed by atoms with Crippen LogP contribution in [0.25, 0.3) is 0 Å². The zero-order chi connectivity index (χ0) is 16.5. The molecule has 0 aromatic heterocycles. The molecule has 2 rings (SSSR count). The summed E-state index contributed by atoms with van der Waals surface area (Å²) in [6.07, 6.45) is 0.403. The van der Waals surface area contributed by atoms with E-state index in [0.717, 1.165) is 16.9 Å². The minimum absolute atomic E-state index is 0.0104. The van der Waals surface area contributed by atoms with Crippen LogP contribution in [0.15, 0.2) is 54.6 Å². The number of carbonyl (C=O) groups is 2. The summed E-state index contributed by atoms with van der Waals surface area (Å²) < 4.78 is 0. The van der Waals surface area contributed by atoms with Gasteiger partial charge in [-0.15, -0.1) is 0 Å². The fraction of sp³-hybridized carbons (Fsp3) is 0.222. The maximum absolute atomic E-state index is 11.8. The molecule has 2 aromatic carbocycles. The van der Waals surface area contributed by atoms with Crippen molar-refractivity contribution in [2.45, 2.75) is 19.9 Å². The molecular formula is C18H21N3O2. The Morgan fingerprint density at radius 1 is 0.913 bits per heavy atom. The minimum Gasteiger partial charge on any atom is -0.385 e. The molecule has 2 amide bonds. The fourth-order valence-electron chi connectivity index (χ4n) is 2.08. The first-order valence-electron chi connectivity index (χ1n) is 7.55. The van der Waals surface area contributed by atoms with Gasteiger partial charge in [-0.25, -0.2) is 0 Å². The molecule has 5 nitrogen and oxygen atoms in total. The van der Waals surface area contributed by atoms with Crippen LogP contribution >= 0.6 is 0 Å². The van der Waals surface area contributed by atoms with Crippen molar-refractivity contribution < 1.29 is 9.59 Å². The van der Waals surface area contributed by atoms with E-state index in [0.29, 0.717) is 19.5 Å². The second kappa shape index (κ2) is 8.58. The molecule has 0 saturated heterocycles. The second-order valence-electron chi connectivity index (χ2n) is 5.20. The van der Waals surface area contributed by atoms with Crippen LogP contribution < -0.4 is 16.0 Å². The lowest BCUT2D eigenvalue weighted by Gasteiger charge is -2.08. The molecule has 0 spiro atoms. The van der Waals surface area contributed by atoms with Crippen molar-refractivity contribution in [2.75, 3.05) is 17.2 Å². The van der Waals surface area contributed by atoms with Gasteiger partial charge in [0.05, 0.1) is 0 Å². The zero-order valence-electron chi connectivity index (χ0n) is 13.1. The number of rotatable bonds is 7. The van der Waals surface area contributed by atoms with Gasteiger partial charge in [0.2, 0.25) is 11.8 Å². The molecule has 23 heavy (non-hydrogen) atoms. The summed E-state index contributed by atoms with van der Waals surface area (Å²) in [6.45, 7) is 2.57. The molecule has 0 saturated carbocycles. The Balaban J connectivity index is 1.68. The van der Waals surface area contributed by atoms with E-state index in [4.69, 9.17) is 0 Å². The normalized spacial score (nSPS) is 9.96. The van der Waals surface area contributed by atoms with Crippen molar-refractivity contribution in [3.05, 3.63) is 60.2 Å². The number of nitrogens with one attached hydrogen (secondary N) is 3. The van der Waals surface area contributed by atoms with Crippen LogP contribution in [0.2, 0.25) is 0 Å². The van der Waals surface area contributed by atoms with Gasteiger partial charge in [-0.1, -0.05) is 30.3 Å². The summed E-state index contributed by atoms with van der Waals surface area (Å²) >= 11 is 0. The smallest absolute Gasteiger partial charge is 0.222 e. The van der Waals surface area contributed by atoms with Crippen LogP contribution in [0.1, 0.15) is 18.9 Å². The molecule has 0 fully saturated rings. The van der Waals surface area contributed by atoms with Gasteiger partial charge in [0, 0.05) is 37.8 Å². The van der Waals surface area contributed by atoms with E-state index >= 15 is 0 Å². The van der Waals surface area contributed by atoms with Gasteiger partial charge in [-0.05, 0) is 29.8 Å². The van der Waals surface area contributed by atoms with Crippen molar-refractivity contribution >= 4 is 23.2 Å². The third-order valence-electron chi connectivity index (χ3n) is 3.22. The minimum atomic E-state index is -0.0965. The van der Waals surface area contributed by atoms with E-state index in [1.807, 2.05) is 54.6 Å². The van der Waals surface area contributed by atoms with Gasteiger partial charge in [-0.3, -0.25) is 9.59 Å². The highest BCUT2D eigenvalue weighted by atomic mass is 16.2. The lowest BCUT2D eigenvalue weighted by atomic mass is 10.2. The maximum Gasteiger partial charge on any atom is 0.222 e. The topological polar surface area (TPSA) is 70.2 Å². The molecule has 2 aromatic rings. The molecule has 0 radical (unpaired) electrons. The number of carbonyl (C=O) groups excluding carboxylic acids is 2. The summed E-state index contributed by atoms with van der Waals surface area (Å²) in [5.74, 6) is -0.0861. The molecule has 0 bridgehead atoms. The second-order valence-corrected chi connectivity index (χ2v) is 5.20. The van der Waals surface area contributed by atoms with E-state index in [9.17, 15) is 9.59 Å². The largest absolute Gasteiger partial charge is 0.385 e. The molecule has 5 heteroatoms. The summed E-state index contributed by atoms with van der Waals surface area (Å²) in [5.41, 5.74) is 2.75. The lowest BCUT2D eigenvalue weighted by molar-refractivity contribution is -0.121. The molecule has 120 valence electrons. The van der Waals surface area contributed by atoms with Gasteiger partial charge in [-0.2, -0.15) is 0 Å².